The molecule has 116 valence electrons. The van der Waals surface area contributed by atoms with E-state index in [0.717, 1.165) is 6.42 Å². The molecule has 2 fully saturated rings. The van der Waals surface area contributed by atoms with E-state index < -0.39 is 18.0 Å². The fourth-order valence-corrected chi connectivity index (χ4v) is 2.75. The lowest BCUT2D eigenvalue weighted by Crippen LogP contribution is -2.25. The molecule has 0 radical (unpaired) electrons. The summed E-state index contributed by atoms with van der Waals surface area (Å²) in [5.74, 6) is -1.18. The molecule has 2 aliphatic rings. The zero-order valence-electron chi connectivity index (χ0n) is 11.7. The highest BCUT2D eigenvalue weighted by atomic mass is 35.5. The van der Waals surface area contributed by atoms with Crippen LogP contribution in [-0.2, 0) is 19.1 Å². The zero-order valence-corrected chi connectivity index (χ0v) is 12.5. The van der Waals surface area contributed by atoms with E-state index in [9.17, 15) is 14.4 Å². The maximum absolute atomic E-state index is 12.1. The van der Waals surface area contributed by atoms with Crippen molar-refractivity contribution in [2.45, 2.75) is 25.4 Å². The standard InChI is InChI=1S/C15H14ClNO5/c16-10-4-3-9(8-11(10)17-6-1-2-13(17)18)14(19)22-12-5-7-21-15(12)20/h3-4,8,12H,1-2,5-7H2/t12-/m1/s1. The van der Waals surface area contributed by atoms with Gasteiger partial charge in [-0.15, -0.1) is 0 Å². The maximum Gasteiger partial charge on any atom is 0.347 e. The number of carbonyl (C=O) groups excluding carboxylic acids is 3. The minimum atomic E-state index is -0.861. The van der Waals surface area contributed by atoms with Crippen LogP contribution in [0.2, 0.25) is 5.02 Å². The Hall–Kier alpha value is -2.08. The molecule has 2 aliphatic heterocycles. The molecule has 1 atom stereocenters. The van der Waals surface area contributed by atoms with Crippen molar-refractivity contribution < 1.29 is 23.9 Å². The molecule has 2 saturated heterocycles. The second kappa shape index (κ2) is 5.96. The highest BCUT2D eigenvalue weighted by Crippen LogP contribution is 2.30. The Balaban J connectivity index is 1.80. The number of esters is 2. The molecule has 0 aromatic heterocycles. The molecule has 7 heteroatoms. The number of ether oxygens (including phenoxy) is 2. The predicted octanol–water partition coefficient (Wildman–Crippen LogP) is 1.94. The molecular weight excluding hydrogens is 310 g/mol. The third-order valence-electron chi connectivity index (χ3n) is 3.68. The smallest absolute Gasteiger partial charge is 0.347 e. The van der Waals surface area contributed by atoms with E-state index in [2.05, 4.69) is 0 Å². The van der Waals surface area contributed by atoms with Crippen LogP contribution in [0.15, 0.2) is 18.2 Å². The Kier molecular flexibility index (Phi) is 4.02. The summed E-state index contributed by atoms with van der Waals surface area (Å²) in [6, 6.07) is 4.58. The topological polar surface area (TPSA) is 72.9 Å². The van der Waals surface area contributed by atoms with Crippen LogP contribution in [0, 0.1) is 0 Å². The van der Waals surface area contributed by atoms with Gasteiger partial charge in [0.25, 0.3) is 0 Å². The largest absolute Gasteiger partial charge is 0.463 e. The number of rotatable bonds is 3. The first-order valence-electron chi connectivity index (χ1n) is 7.04. The molecule has 0 aliphatic carbocycles. The average molecular weight is 324 g/mol. The summed E-state index contributed by atoms with van der Waals surface area (Å²) >= 11 is 6.12. The van der Waals surface area contributed by atoms with Gasteiger partial charge in [-0.2, -0.15) is 0 Å². The summed E-state index contributed by atoms with van der Waals surface area (Å²) in [4.78, 5) is 36.8. The van der Waals surface area contributed by atoms with Crippen LogP contribution in [0.4, 0.5) is 5.69 Å². The number of nitrogens with zero attached hydrogens (tertiary/aromatic N) is 1. The van der Waals surface area contributed by atoms with Crippen LogP contribution >= 0.6 is 11.6 Å². The minimum absolute atomic E-state index is 0.0215. The number of anilines is 1. The molecular formula is C15H14ClNO5. The number of amides is 1. The second-order valence-electron chi connectivity index (χ2n) is 5.17. The van der Waals surface area contributed by atoms with Crippen LogP contribution < -0.4 is 4.90 Å². The lowest BCUT2D eigenvalue weighted by Gasteiger charge is -2.18. The molecule has 2 heterocycles. The number of hydrogen-bond acceptors (Lipinski definition) is 5. The molecule has 1 amide bonds. The molecule has 1 aromatic carbocycles. The lowest BCUT2D eigenvalue weighted by molar-refractivity contribution is -0.145. The predicted molar refractivity (Wildman–Crippen MR) is 77.8 cm³/mol. The average Bonchev–Trinajstić information content (AvgIpc) is 3.09. The van der Waals surface area contributed by atoms with Gasteiger partial charge >= 0.3 is 11.9 Å². The van der Waals surface area contributed by atoms with Gasteiger partial charge in [0.15, 0.2) is 0 Å². The van der Waals surface area contributed by atoms with Gasteiger partial charge in [-0.25, -0.2) is 9.59 Å². The summed E-state index contributed by atoms with van der Waals surface area (Å²) < 4.78 is 9.88. The van der Waals surface area contributed by atoms with E-state index >= 15 is 0 Å². The number of halogens is 1. The van der Waals surface area contributed by atoms with Crippen molar-refractivity contribution in [1.82, 2.24) is 0 Å². The van der Waals surface area contributed by atoms with Gasteiger partial charge < -0.3 is 14.4 Å². The summed E-state index contributed by atoms with van der Waals surface area (Å²) in [5.41, 5.74) is 0.742. The lowest BCUT2D eigenvalue weighted by atomic mass is 10.2. The molecule has 0 spiro atoms. The van der Waals surface area contributed by atoms with Crippen LogP contribution in [0.1, 0.15) is 29.6 Å². The van der Waals surface area contributed by atoms with E-state index in [4.69, 9.17) is 21.1 Å². The Labute approximate surface area is 131 Å². The molecule has 1 aromatic rings. The third-order valence-corrected chi connectivity index (χ3v) is 4.00. The van der Waals surface area contributed by atoms with E-state index in [1.165, 1.54) is 12.1 Å². The van der Waals surface area contributed by atoms with Crippen LogP contribution in [0.25, 0.3) is 0 Å². The minimum Gasteiger partial charge on any atom is -0.463 e. The van der Waals surface area contributed by atoms with Crippen molar-refractivity contribution in [2.75, 3.05) is 18.1 Å². The van der Waals surface area contributed by atoms with Crippen molar-refractivity contribution >= 4 is 35.1 Å². The highest BCUT2D eigenvalue weighted by Gasteiger charge is 2.31. The normalized spacial score (nSPS) is 21.1. The number of hydrogen-bond donors (Lipinski definition) is 0. The van der Waals surface area contributed by atoms with Crippen molar-refractivity contribution in [3.8, 4) is 0 Å². The summed E-state index contributed by atoms with van der Waals surface area (Å²) in [7, 11) is 0. The highest BCUT2D eigenvalue weighted by molar-refractivity contribution is 6.34. The van der Waals surface area contributed by atoms with Gasteiger partial charge in [0.2, 0.25) is 12.0 Å². The van der Waals surface area contributed by atoms with E-state index in [1.807, 2.05) is 0 Å². The third kappa shape index (κ3) is 2.78. The second-order valence-corrected chi connectivity index (χ2v) is 5.57. The van der Waals surface area contributed by atoms with Gasteiger partial charge in [0, 0.05) is 19.4 Å². The van der Waals surface area contributed by atoms with E-state index in [-0.39, 0.29) is 18.1 Å². The first-order chi connectivity index (χ1) is 10.6. The van der Waals surface area contributed by atoms with Crippen molar-refractivity contribution in [2.24, 2.45) is 0 Å². The summed E-state index contributed by atoms with van der Waals surface area (Å²) in [5, 5.41) is 0.395. The van der Waals surface area contributed by atoms with Crippen LogP contribution in [0.3, 0.4) is 0 Å². The van der Waals surface area contributed by atoms with Crippen LogP contribution in [0.5, 0.6) is 0 Å². The quantitative estimate of drug-likeness (QED) is 0.795. The van der Waals surface area contributed by atoms with Crippen molar-refractivity contribution in [3.05, 3.63) is 28.8 Å². The Bertz CT molecular complexity index is 645. The van der Waals surface area contributed by atoms with Crippen molar-refractivity contribution in [1.29, 1.82) is 0 Å². The van der Waals surface area contributed by atoms with E-state index in [0.29, 0.717) is 30.1 Å². The Morgan fingerprint density at radius 3 is 2.82 bits per heavy atom. The molecule has 3 rings (SSSR count). The monoisotopic (exact) mass is 323 g/mol. The molecule has 0 bridgehead atoms. The molecule has 0 N–H and O–H groups in total. The molecule has 22 heavy (non-hydrogen) atoms. The fourth-order valence-electron chi connectivity index (χ4n) is 2.53. The van der Waals surface area contributed by atoms with Gasteiger partial charge in [-0.05, 0) is 24.6 Å². The van der Waals surface area contributed by atoms with Crippen LogP contribution in [-0.4, -0.2) is 37.1 Å². The van der Waals surface area contributed by atoms with Gasteiger partial charge in [-0.3, -0.25) is 4.79 Å². The molecule has 0 unspecified atom stereocenters. The van der Waals surface area contributed by atoms with Gasteiger partial charge in [-0.1, -0.05) is 11.6 Å². The SMILES string of the molecule is O=C(O[C@@H]1CCOC1=O)c1ccc(Cl)c(N2CCCC2=O)c1. The Morgan fingerprint density at radius 1 is 1.36 bits per heavy atom. The number of carbonyl (C=O) groups is 3. The number of cyclic esters (lactones) is 1. The Morgan fingerprint density at radius 2 is 2.18 bits per heavy atom. The summed E-state index contributed by atoms with van der Waals surface area (Å²) in [6.07, 6.45) is 0.729. The fraction of sp³-hybridized carbons (Fsp3) is 0.400. The van der Waals surface area contributed by atoms with E-state index in [1.54, 1.807) is 11.0 Å². The van der Waals surface area contributed by atoms with Gasteiger partial charge in [0.1, 0.15) is 0 Å². The zero-order chi connectivity index (χ0) is 15.7. The first kappa shape index (κ1) is 14.8. The first-order valence-corrected chi connectivity index (χ1v) is 7.41. The van der Waals surface area contributed by atoms with Crippen molar-refractivity contribution in [3.63, 3.8) is 0 Å². The van der Waals surface area contributed by atoms with Gasteiger partial charge in [0.05, 0.1) is 22.9 Å². The molecule has 6 nitrogen and oxygen atoms in total. The summed E-state index contributed by atoms with van der Waals surface area (Å²) in [6.45, 7) is 0.830. The molecule has 0 saturated carbocycles. The number of benzene rings is 1. The maximum atomic E-state index is 12.1.